The van der Waals surface area contributed by atoms with E-state index in [1.54, 1.807) is 18.2 Å². The van der Waals surface area contributed by atoms with E-state index in [-0.39, 0.29) is 5.91 Å². The van der Waals surface area contributed by atoms with Crippen LogP contribution in [0.25, 0.3) is 0 Å². The molecule has 0 heterocycles. The average molecular weight is 255 g/mol. The Balaban J connectivity index is 2.47. The third-order valence-corrected chi connectivity index (χ3v) is 2.79. The third kappa shape index (κ3) is 4.07. The van der Waals surface area contributed by atoms with E-state index >= 15 is 0 Å². The maximum absolute atomic E-state index is 11.8. The number of hydrogen-bond acceptors (Lipinski definition) is 2. The van der Waals surface area contributed by atoms with E-state index in [1.165, 1.54) is 0 Å². The molecule has 0 saturated heterocycles. The molecule has 92 valence electrons. The highest BCUT2D eigenvalue weighted by atomic mass is 35.5. The average Bonchev–Trinajstić information content (AvgIpc) is 2.32. The van der Waals surface area contributed by atoms with E-state index in [0.717, 1.165) is 5.56 Å². The molecular formula is C12H15ClN2O2. The van der Waals surface area contributed by atoms with Crippen molar-refractivity contribution in [3.63, 3.8) is 0 Å². The Kier molecular flexibility index (Phi) is 5.49. The summed E-state index contributed by atoms with van der Waals surface area (Å²) >= 11 is 5.93. The Morgan fingerprint density at radius 3 is 2.88 bits per heavy atom. The molecule has 0 unspecified atom stereocenters. The fourth-order valence-corrected chi connectivity index (χ4v) is 1.57. The Bertz CT molecular complexity index is 407. The number of hydrogen-bond donors (Lipinski definition) is 2. The molecule has 0 fully saturated rings. The second-order valence-electron chi connectivity index (χ2n) is 3.59. The Hall–Kier alpha value is -1.55. The van der Waals surface area contributed by atoms with Crippen molar-refractivity contribution < 1.29 is 9.59 Å². The SMILES string of the molecule is Cc1c(Cl)cccc1C(=O)NCCCNC=O. The highest BCUT2D eigenvalue weighted by molar-refractivity contribution is 6.31. The summed E-state index contributed by atoms with van der Waals surface area (Å²) in [7, 11) is 0. The number of carbonyl (C=O) groups excluding carboxylic acids is 2. The van der Waals surface area contributed by atoms with Gasteiger partial charge in [-0.2, -0.15) is 0 Å². The van der Waals surface area contributed by atoms with Crippen LogP contribution in [0.15, 0.2) is 18.2 Å². The molecule has 2 N–H and O–H groups in total. The summed E-state index contributed by atoms with van der Waals surface area (Å²) in [6.45, 7) is 2.88. The Labute approximate surface area is 105 Å². The molecule has 0 aliphatic rings. The second-order valence-corrected chi connectivity index (χ2v) is 4.00. The van der Waals surface area contributed by atoms with E-state index in [1.807, 2.05) is 6.92 Å². The van der Waals surface area contributed by atoms with Gasteiger partial charge in [-0.25, -0.2) is 0 Å². The smallest absolute Gasteiger partial charge is 0.251 e. The summed E-state index contributed by atoms with van der Waals surface area (Å²) in [5, 5.41) is 5.89. The zero-order valence-corrected chi connectivity index (χ0v) is 10.4. The summed E-state index contributed by atoms with van der Waals surface area (Å²) in [5.41, 5.74) is 1.36. The van der Waals surface area contributed by atoms with Crippen molar-refractivity contribution in [3.8, 4) is 0 Å². The lowest BCUT2D eigenvalue weighted by molar-refractivity contribution is -0.109. The standard InChI is InChI=1S/C12H15ClN2O2/c1-9-10(4-2-5-11(9)13)12(17)15-7-3-6-14-8-16/h2,4-5,8H,3,6-7H2,1H3,(H,14,16)(H,15,17). The largest absolute Gasteiger partial charge is 0.359 e. The van der Waals surface area contributed by atoms with Crippen LogP contribution in [-0.4, -0.2) is 25.4 Å². The van der Waals surface area contributed by atoms with Gasteiger partial charge in [0.1, 0.15) is 0 Å². The molecule has 1 aromatic rings. The summed E-state index contributed by atoms with van der Waals surface area (Å²) in [6, 6.07) is 5.24. The molecule has 2 amide bonds. The van der Waals surface area contributed by atoms with Crippen molar-refractivity contribution in [1.29, 1.82) is 0 Å². The number of carbonyl (C=O) groups is 2. The van der Waals surface area contributed by atoms with Crippen LogP contribution >= 0.6 is 11.6 Å². The fourth-order valence-electron chi connectivity index (χ4n) is 1.40. The van der Waals surface area contributed by atoms with E-state index < -0.39 is 0 Å². The van der Waals surface area contributed by atoms with Gasteiger partial charge in [0.25, 0.3) is 5.91 Å². The van der Waals surface area contributed by atoms with Crippen LogP contribution in [-0.2, 0) is 4.79 Å². The van der Waals surface area contributed by atoms with Crippen LogP contribution in [0.2, 0.25) is 5.02 Å². The number of rotatable bonds is 6. The van der Waals surface area contributed by atoms with E-state index in [2.05, 4.69) is 10.6 Å². The monoisotopic (exact) mass is 254 g/mol. The maximum Gasteiger partial charge on any atom is 0.251 e. The molecule has 5 heteroatoms. The summed E-state index contributed by atoms with van der Waals surface area (Å²) in [4.78, 5) is 21.8. The number of benzene rings is 1. The molecule has 4 nitrogen and oxygen atoms in total. The summed E-state index contributed by atoms with van der Waals surface area (Å²) < 4.78 is 0. The molecular weight excluding hydrogens is 240 g/mol. The van der Waals surface area contributed by atoms with E-state index in [9.17, 15) is 9.59 Å². The first-order valence-electron chi connectivity index (χ1n) is 5.37. The van der Waals surface area contributed by atoms with Crippen LogP contribution in [0.3, 0.4) is 0 Å². The predicted molar refractivity (Wildman–Crippen MR) is 67.2 cm³/mol. The second kappa shape index (κ2) is 6.91. The van der Waals surface area contributed by atoms with Gasteiger partial charge in [0.05, 0.1) is 0 Å². The predicted octanol–water partition coefficient (Wildman–Crippen LogP) is 1.51. The first-order chi connectivity index (χ1) is 8.16. The first kappa shape index (κ1) is 13.5. The van der Waals surface area contributed by atoms with E-state index in [0.29, 0.717) is 36.5 Å². The van der Waals surface area contributed by atoms with Gasteiger partial charge in [-0.05, 0) is 31.0 Å². The molecule has 0 saturated carbocycles. The van der Waals surface area contributed by atoms with Gasteiger partial charge in [-0.15, -0.1) is 0 Å². The van der Waals surface area contributed by atoms with Crippen LogP contribution < -0.4 is 10.6 Å². The lowest BCUT2D eigenvalue weighted by Gasteiger charge is -2.08. The quantitative estimate of drug-likeness (QED) is 0.597. The van der Waals surface area contributed by atoms with Crippen molar-refractivity contribution >= 4 is 23.9 Å². The van der Waals surface area contributed by atoms with Gasteiger partial charge >= 0.3 is 0 Å². The lowest BCUT2D eigenvalue weighted by Crippen LogP contribution is -2.27. The zero-order valence-electron chi connectivity index (χ0n) is 9.63. The minimum Gasteiger partial charge on any atom is -0.359 e. The molecule has 17 heavy (non-hydrogen) atoms. The summed E-state index contributed by atoms with van der Waals surface area (Å²) in [5.74, 6) is -0.142. The molecule has 0 aliphatic carbocycles. The van der Waals surface area contributed by atoms with Crippen molar-refractivity contribution in [2.45, 2.75) is 13.3 Å². The van der Waals surface area contributed by atoms with E-state index in [4.69, 9.17) is 11.6 Å². The van der Waals surface area contributed by atoms with Crippen molar-refractivity contribution in [2.24, 2.45) is 0 Å². The molecule has 0 bridgehead atoms. The molecule has 0 spiro atoms. The number of halogens is 1. The number of nitrogens with one attached hydrogen (secondary N) is 2. The Morgan fingerprint density at radius 1 is 1.41 bits per heavy atom. The van der Waals surface area contributed by atoms with Crippen LogP contribution in [0, 0.1) is 6.92 Å². The Morgan fingerprint density at radius 2 is 2.18 bits per heavy atom. The lowest BCUT2D eigenvalue weighted by atomic mass is 10.1. The zero-order chi connectivity index (χ0) is 12.7. The van der Waals surface area contributed by atoms with Gasteiger partial charge < -0.3 is 10.6 Å². The van der Waals surface area contributed by atoms with Crippen molar-refractivity contribution in [3.05, 3.63) is 34.3 Å². The van der Waals surface area contributed by atoms with Crippen molar-refractivity contribution in [1.82, 2.24) is 10.6 Å². The van der Waals surface area contributed by atoms with Crippen molar-refractivity contribution in [2.75, 3.05) is 13.1 Å². The molecule has 1 aromatic carbocycles. The van der Waals surface area contributed by atoms with Crippen LogP contribution in [0.5, 0.6) is 0 Å². The van der Waals surface area contributed by atoms with Gasteiger partial charge in [0.15, 0.2) is 0 Å². The van der Waals surface area contributed by atoms with Crippen LogP contribution in [0.1, 0.15) is 22.3 Å². The molecule has 0 atom stereocenters. The van der Waals surface area contributed by atoms with Gasteiger partial charge in [-0.1, -0.05) is 17.7 Å². The molecule has 0 radical (unpaired) electrons. The molecule has 1 rings (SSSR count). The maximum atomic E-state index is 11.8. The minimum absolute atomic E-state index is 0.142. The molecule has 0 aromatic heterocycles. The summed E-state index contributed by atoms with van der Waals surface area (Å²) in [6.07, 6.45) is 1.34. The van der Waals surface area contributed by atoms with Gasteiger partial charge in [0, 0.05) is 23.7 Å². The first-order valence-corrected chi connectivity index (χ1v) is 5.75. The van der Waals surface area contributed by atoms with Gasteiger partial charge in [0.2, 0.25) is 6.41 Å². The van der Waals surface area contributed by atoms with Gasteiger partial charge in [-0.3, -0.25) is 9.59 Å². The normalized spacial score (nSPS) is 9.76. The topological polar surface area (TPSA) is 58.2 Å². The third-order valence-electron chi connectivity index (χ3n) is 2.38. The fraction of sp³-hybridized carbons (Fsp3) is 0.333. The number of amides is 2. The highest BCUT2D eigenvalue weighted by Crippen LogP contribution is 2.18. The van der Waals surface area contributed by atoms with Crippen LogP contribution in [0.4, 0.5) is 0 Å². The molecule has 0 aliphatic heterocycles. The highest BCUT2D eigenvalue weighted by Gasteiger charge is 2.09. The minimum atomic E-state index is -0.142.